The molecule has 0 heteroatoms. The Morgan fingerprint density at radius 2 is 0.917 bits per heavy atom. The van der Waals surface area contributed by atoms with Crippen molar-refractivity contribution in [3.63, 3.8) is 0 Å². The maximum Gasteiger partial charge on any atom is -0.0438 e. The van der Waals surface area contributed by atoms with Gasteiger partial charge in [-0.05, 0) is 30.6 Å². The van der Waals surface area contributed by atoms with E-state index in [1.165, 1.54) is 12.8 Å². The van der Waals surface area contributed by atoms with Crippen molar-refractivity contribution in [2.75, 3.05) is 0 Å². The highest BCUT2D eigenvalue weighted by Gasteiger charge is 2.06. The van der Waals surface area contributed by atoms with Crippen LogP contribution < -0.4 is 0 Å². The SMILES string of the molecule is CC.CC(C)CC(C)CC(C)C. The van der Waals surface area contributed by atoms with Gasteiger partial charge in [0, 0.05) is 0 Å². The lowest BCUT2D eigenvalue weighted by molar-refractivity contribution is 0.368. The first kappa shape index (κ1) is 14.5. The summed E-state index contributed by atoms with van der Waals surface area (Å²) in [5.41, 5.74) is 0. The van der Waals surface area contributed by atoms with Gasteiger partial charge in [0.05, 0.1) is 0 Å². The molecule has 0 N–H and O–H groups in total. The number of hydrogen-bond donors (Lipinski definition) is 0. The predicted molar refractivity (Wildman–Crippen MR) is 59.4 cm³/mol. The van der Waals surface area contributed by atoms with Crippen molar-refractivity contribution in [2.24, 2.45) is 17.8 Å². The molecule has 12 heavy (non-hydrogen) atoms. The van der Waals surface area contributed by atoms with Crippen molar-refractivity contribution in [1.29, 1.82) is 0 Å². The Balaban J connectivity index is 0. The summed E-state index contributed by atoms with van der Waals surface area (Å²) in [4.78, 5) is 0. The molecule has 0 nitrogen and oxygen atoms in total. The fourth-order valence-electron chi connectivity index (χ4n) is 1.71. The lowest BCUT2D eigenvalue weighted by atomic mass is 9.91. The zero-order valence-electron chi connectivity index (χ0n) is 10.1. The molecule has 0 atom stereocenters. The Bertz CT molecular complexity index is 62.1. The van der Waals surface area contributed by atoms with Crippen molar-refractivity contribution in [2.45, 2.75) is 61.3 Å². The molecule has 76 valence electrons. The molecule has 0 radical (unpaired) electrons. The van der Waals surface area contributed by atoms with Gasteiger partial charge in [-0.1, -0.05) is 48.5 Å². The van der Waals surface area contributed by atoms with Crippen LogP contribution in [0.3, 0.4) is 0 Å². The van der Waals surface area contributed by atoms with Gasteiger partial charge in [-0.2, -0.15) is 0 Å². The molecule has 0 aliphatic rings. The summed E-state index contributed by atoms with van der Waals surface area (Å²) in [5, 5.41) is 0. The summed E-state index contributed by atoms with van der Waals surface area (Å²) >= 11 is 0. The van der Waals surface area contributed by atoms with Crippen LogP contribution >= 0.6 is 0 Å². The third-order valence-corrected chi connectivity index (χ3v) is 1.75. The fourth-order valence-corrected chi connectivity index (χ4v) is 1.71. The van der Waals surface area contributed by atoms with E-state index < -0.39 is 0 Å². The standard InChI is InChI=1S/C10H22.C2H6/c1-8(2)6-10(5)7-9(3)4;1-2/h8-10H,6-7H2,1-5H3;1-2H3. The first-order valence-electron chi connectivity index (χ1n) is 5.52. The summed E-state index contributed by atoms with van der Waals surface area (Å²) in [6.45, 7) is 15.6. The molecule has 0 amide bonds. The molecular formula is C12H28. The van der Waals surface area contributed by atoms with E-state index in [4.69, 9.17) is 0 Å². The Hall–Kier alpha value is 0. The third kappa shape index (κ3) is 12.7. The molecule has 0 saturated heterocycles. The molecule has 0 fully saturated rings. The second-order valence-corrected chi connectivity index (χ2v) is 4.36. The molecule has 0 aliphatic heterocycles. The van der Waals surface area contributed by atoms with Gasteiger partial charge in [0.15, 0.2) is 0 Å². The zero-order chi connectivity index (χ0) is 10.1. The van der Waals surface area contributed by atoms with E-state index in [0.717, 1.165) is 17.8 Å². The van der Waals surface area contributed by atoms with Crippen LogP contribution in [0.5, 0.6) is 0 Å². The lowest BCUT2D eigenvalue weighted by Gasteiger charge is -2.15. The van der Waals surface area contributed by atoms with Crippen molar-refractivity contribution < 1.29 is 0 Å². The van der Waals surface area contributed by atoms with Crippen LogP contribution in [0, 0.1) is 17.8 Å². The van der Waals surface area contributed by atoms with Crippen LogP contribution in [0.1, 0.15) is 61.3 Å². The van der Waals surface area contributed by atoms with Crippen molar-refractivity contribution in [3.8, 4) is 0 Å². The predicted octanol–water partition coefficient (Wildman–Crippen LogP) is 4.74. The van der Waals surface area contributed by atoms with Gasteiger partial charge in [0.25, 0.3) is 0 Å². The van der Waals surface area contributed by atoms with Crippen LogP contribution in [-0.2, 0) is 0 Å². The highest BCUT2D eigenvalue weighted by atomic mass is 14.1. The highest BCUT2D eigenvalue weighted by molar-refractivity contribution is 4.57. The molecular weight excluding hydrogens is 144 g/mol. The zero-order valence-corrected chi connectivity index (χ0v) is 10.1. The molecule has 0 aliphatic carbocycles. The average molecular weight is 172 g/mol. The quantitative estimate of drug-likeness (QED) is 0.574. The van der Waals surface area contributed by atoms with E-state index in [2.05, 4.69) is 34.6 Å². The molecule has 0 aromatic carbocycles. The Morgan fingerprint density at radius 3 is 1.08 bits per heavy atom. The van der Waals surface area contributed by atoms with Crippen molar-refractivity contribution in [3.05, 3.63) is 0 Å². The summed E-state index contributed by atoms with van der Waals surface area (Å²) < 4.78 is 0. The van der Waals surface area contributed by atoms with E-state index in [1.54, 1.807) is 0 Å². The fraction of sp³-hybridized carbons (Fsp3) is 1.00. The van der Waals surface area contributed by atoms with E-state index in [9.17, 15) is 0 Å². The average Bonchev–Trinajstić information content (AvgIpc) is 1.87. The van der Waals surface area contributed by atoms with E-state index in [1.807, 2.05) is 13.8 Å². The summed E-state index contributed by atoms with van der Waals surface area (Å²) in [6, 6.07) is 0. The second kappa shape index (κ2) is 9.09. The topological polar surface area (TPSA) is 0 Å². The second-order valence-electron chi connectivity index (χ2n) is 4.36. The van der Waals surface area contributed by atoms with Crippen LogP contribution in [0.4, 0.5) is 0 Å². The third-order valence-electron chi connectivity index (χ3n) is 1.75. The van der Waals surface area contributed by atoms with Crippen LogP contribution in [0.2, 0.25) is 0 Å². The summed E-state index contributed by atoms with van der Waals surface area (Å²) in [6.07, 6.45) is 2.77. The molecule has 0 aromatic heterocycles. The van der Waals surface area contributed by atoms with Gasteiger partial charge in [-0.25, -0.2) is 0 Å². The van der Waals surface area contributed by atoms with Gasteiger partial charge in [0.2, 0.25) is 0 Å². The minimum Gasteiger partial charge on any atom is -0.0683 e. The van der Waals surface area contributed by atoms with Crippen molar-refractivity contribution in [1.82, 2.24) is 0 Å². The van der Waals surface area contributed by atoms with E-state index in [0.29, 0.717) is 0 Å². The maximum absolute atomic E-state index is 2.36. The number of rotatable bonds is 4. The van der Waals surface area contributed by atoms with Gasteiger partial charge in [0.1, 0.15) is 0 Å². The van der Waals surface area contributed by atoms with Crippen LogP contribution in [0.15, 0.2) is 0 Å². The minimum atomic E-state index is 0.869. The van der Waals surface area contributed by atoms with Gasteiger partial charge in [-0.15, -0.1) is 0 Å². The Labute approximate surface area is 79.8 Å². The highest BCUT2D eigenvalue weighted by Crippen LogP contribution is 2.18. The molecule has 0 bridgehead atoms. The normalized spacial score (nSPS) is 10.5. The van der Waals surface area contributed by atoms with Gasteiger partial charge in [-0.3, -0.25) is 0 Å². The lowest BCUT2D eigenvalue weighted by Crippen LogP contribution is -2.03. The molecule has 0 unspecified atom stereocenters. The van der Waals surface area contributed by atoms with E-state index in [-0.39, 0.29) is 0 Å². The first-order chi connectivity index (χ1) is 5.52. The minimum absolute atomic E-state index is 0.869. The Morgan fingerprint density at radius 1 is 0.667 bits per heavy atom. The maximum atomic E-state index is 2.36. The molecule has 0 spiro atoms. The first-order valence-corrected chi connectivity index (χ1v) is 5.52. The molecule has 0 saturated carbocycles. The monoisotopic (exact) mass is 172 g/mol. The van der Waals surface area contributed by atoms with Gasteiger partial charge < -0.3 is 0 Å². The number of hydrogen-bond acceptors (Lipinski definition) is 0. The summed E-state index contributed by atoms with van der Waals surface area (Å²) in [7, 11) is 0. The largest absolute Gasteiger partial charge is 0.0683 e. The van der Waals surface area contributed by atoms with Crippen LogP contribution in [-0.4, -0.2) is 0 Å². The molecule has 0 aromatic rings. The van der Waals surface area contributed by atoms with Gasteiger partial charge >= 0.3 is 0 Å². The smallest absolute Gasteiger partial charge is 0.0438 e. The summed E-state index contributed by atoms with van der Waals surface area (Å²) in [5.74, 6) is 2.66. The Kier molecular flexibility index (Phi) is 11.0. The molecule has 0 rings (SSSR count). The van der Waals surface area contributed by atoms with E-state index >= 15 is 0 Å². The van der Waals surface area contributed by atoms with Crippen LogP contribution in [0.25, 0.3) is 0 Å². The molecule has 0 heterocycles. The van der Waals surface area contributed by atoms with Crippen molar-refractivity contribution >= 4 is 0 Å².